The van der Waals surface area contributed by atoms with Gasteiger partial charge in [-0.1, -0.05) is 41.5 Å². The molecule has 0 saturated heterocycles. The smallest absolute Gasteiger partial charge is 0.253 e. The zero-order valence-corrected chi connectivity index (χ0v) is 13.4. The molecule has 0 atom stereocenters. The van der Waals surface area contributed by atoms with Crippen molar-refractivity contribution < 1.29 is 4.79 Å². The fraction of sp³-hybridized carbons (Fsp3) is 0.647. The molecule has 1 fully saturated rings. The summed E-state index contributed by atoms with van der Waals surface area (Å²) >= 11 is 0. The Morgan fingerprint density at radius 1 is 1.25 bits per heavy atom. The first-order chi connectivity index (χ1) is 9.13. The number of aromatic nitrogens is 1. The Hall–Kier alpha value is -1.38. The Balaban J connectivity index is 2.09. The second kappa shape index (κ2) is 4.87. The number of nitrogens with zero attached hydrogens (tertiary/aromatic N) is 1. The monoisotopic (exact) mass is 274 g/mol. The number of hydrogen-bond donors (Lipinski definition) is 1. The van der Waals surface area contributed by atoms with Gasteiger partial charge in [0.15, 0.2) is 0 Å². The SMILES string of the molecule is CC(C)c1ccc(C(=O)NC2C(C)(C)CC2(C)C)cn1. The highest BCUT2D eigenvalue weighted by Gasteiger charge is 2.53. The third-order valence-electron chi connectivity index (χ3n) is 4.39. The summed E-state index contributed by atoms with van der Waals surface area (Å²) in [5.41, 5.74) is 2.01. The van der Waals surface area contributed by atoms with Crippen molar-refractivity contribution in [2.75, 3.05) is 0 Å². The molecule has 1 saturated carbocycles. The van der Waals surface area contributed by atoms with E-state index in [1.54, 1.807) is 6.20 Å². The molecular formula is C17H26N2O. The first-order valence-corrected chi connectivity index (χ1v) is 7.40. The van der Waals surface area contributed by atoms with E-state index in [0.29, 0.717) is 11.5 Å². The maximum atomic E-state index is 12.4. The third kappa shape index (κ3) is 2.72. The zero-order valence-electron chi connectivity index (χ0n) is 13.4. The van der Waals surface area contributed by atoms with Gasteiger partial charge >= 0.3 is 0 Å². The number of rotatable bonds is 3. The minimum atomic E-state index is -0.0151. The normalized spacial score (nSPS) is 20.6. The van der Waals surface area contributed by atoms with Gasteiger partial charge in [0.2, 0.25) is 0 Å². The third-order valence-corrected chi connectivity index (χ3v) is 4.39. The van der Waals surface area contributed by atoms with Gasteiger partial charge in [0.25, 0.3) is 5.91 Å². The van der Waals surface area contributed by atoms with E-state index < -0.39 is 0 Å². The minimum absolute atomic E-state index is 0.0151. The lowest BCUT2D eigenvalue weighted by atomic mass is 9.52. The van der Waals surface area contributed by atoms with Gasteiger partial charge < -0.3 is 5.32 Å². The first-order valence-electron chi connectivity index (χ1n) is 7.40. The van der Waals surface area contributed by atoms with Crippen LogP contribution in [0.4, 0.5) is 0 Å². The Morgan fingerprint density at radius 3 is 2.25 bits per heavy atom. The molecule has 0 unspecified atom stereocenters. The lowest BCUT2D eigenvalue weighted by Gasteiger charge is -2.57. The largest absolute Gasteiger partial charge is 0.348 e. The number of carbonyl (C=O) groups excluding carboxylic acids is 1. The molecule has 1 aliphatic rings. The van der Waals surface area contributed by atoms with E-state index in [1.807, 2.05) is 12.1 Å². The van der Waals surface area contributed by atoms with Crippen LogP contribution in [-0.4, -0.2) is 16.9 Å². The molecule has 1 aromatic rings. The summed E-state index contributed by atoms with van der Waals surface area (Å²) in [5.74, 6) is 0.371. The molecule has 0 radical (unpaired) electrons. The van der Waals surface area contributed by atoms with Crippen LogP contribution < -0.4 is 5.32 Å². The molecule has 1 amide bonds. The quantitative estimate of drug-likeness (QED) is 0.912. The number of carbonyl (C=O) groups is 1. The van der Waals surface area contributed by atoms with E-state index in [0.717, 1.165) is 12.1 Å². The fourth-order valence-corrected chi connectivity index (χ4v) is 3.79. The molecule has 20 heavy (non-hydrogen) atoms. The lowest BCUT2D eigenvalue weighted by molar-refractivity contribution is -0.0366. The molecule has 0 aromatic carbocycles. The second-order valence-corrected chi connectivity index (χ2v) is 7.69. The highest BCUT2D eigenvalue weighted by molar-refractivity contribution is 5.94. The van der Waals surface area contributed by atoms with Gasteiger partial charge in [0.05, 0.1) is 5.56 Å². The summed E-state index contributed by atoms with van der Waals surface area (Å²) in [5, 5.41) is 3.18. The molecule has 1 aromatic heterocycles. The van der Waals surface area contributed by atoms with Crippen molar-refractivity contribution in [1.29, 1.82) is 0 Å². The second-order valence-electron chi connectivity index (χ2n) is 7.69. The maximum Gasteiger partial charge on any atom is 0.253 e. The van der Waals surface area contributed by atoms with Gasteiger partial charge in [-0.3, -0.25) is 9.78 Å². The van der Waals surface area contributed by atoms with Crippen LogP contribution in [0.1, 0.15) is 69.9 Å². The molecular weight excluding hydrogens is 248 g/mol. The van der Waals surface area contributed by atoms with Crippen LogP contribution in [0.3, 0.4) is 0 Å². The summed E-state index contributed by atoms with van der Waals surface area (Å²) < 4.78 is 0. The lowest BCUT2D eigenvalue weighted by Crippen LogP contribution is -2.63. The van der Waals surface area contributed by atoms with Crippen molar-refractivity contribution in [3.63, 3.8) is 0 Å². The molecule has 3 heteroatoms. The Morgan fingerprint density at radius 2 is 1.85 bits per heavy atom. The molecule has 110 valence electrons. The van der Waals surface area contributed by atoms with E-state index in [9.17, 15) is 4.79 Å². The van der Waals surface area contributed by atoms with Crippen molar-refractivity contribution in [2.45, 2.75) is 59.9 Å². The van der Waals surface area contributed by atoms with Crippen molar-refractivity contribution in [1.82, 2.24) is 10.3 Å². The van der Waals surface area contributed by atoms with Crippen molar-refractivity contribution in [2.24, 2.45) is 10.8 Å². The van der Waals surface area contributed by atoms with Gasteiger partial charge in [-0.25, -0.2) is 0 Å². The number of nitrogens with one attached hydrogen (secondary N) is 1. The summed E-state index contributed by atoms with van der Waals surface area (Å²) in [6, 6.07) is 4.03. The van der Waals surface area contributed by atoms with E-state index in [2.05, 4.69) is 51.8 Å². The average molecular weight is 274 g/mol. The predicted octanol–water partition coefficient (Wildman–Crippen LogP) is 3.76. The topological polar surface area (TPSA) is 42.0 Å². The Kier molecular flexibility index (Phi) is 3.66. The predicted molar refractivity (Wildman–Crippen MR) is 81.8 cm³/mol. The molecule has 1 heterocycles. The summed E-state index contributed by atoms with van der Waals surface area (Å²) in [7, 11) is 0. The average Bonchev–Trinajstić information content (AvgIpc) is 2.34. The van der Waals surface area contributed by atoms with Crippen LogP contribution in [0.5, 0.6) is 0 Å². The zero-order chi connectivity index (χ0) is 15.1. The summed E-state index contributed by atoms with van der Waals surface area (Å²) in [4.78, 5) is 16.7. The highest BCUT2D eigenvalue weighted by Crippen LogP contribution is 2.53. The van der Waals surface area contributed by atoms with Crippen LogP contribution in [0, 0.1) is 10.8 Å². The van der Waals surface area contributed by atoms with Crippen molar-refractivity contribution >= 4 is 5.91 Å². The van der Waals surface area contributed by atoms with Gasteiger partial charge in [-0.2, -0.15) is 0 Å². The van der Waals surface area contributed by atoms with Gasteiger partial charge in [0.1, 0.15) is 0 Å². The van der Waals surface area contributed by atoms with Crippen molar-refractivity contribution in [3.8, 4) is 0 Å². The number of amides is 1. The van der Waals surface area contributed by atoms with Crippen LogP contribution in [0.15, 0.2) is 18.3 Å². The molecule has 3 nitrogen and oxygen atoms in total. The number of hydrogen-bond acceptors (Lipinski definition) is 2. The molecule has 2 rings (SSSR count). The maximum absolute atomic E-state index is 12.4. The van der Waals surface area contributed by atoms with Crippen LogP contribution in [0.2, 0.25) is 0 Å². The van der Waals surface area contributed by atoms with E-state index in [1.165, 1.54) is 0 Å². The first kappa shape index (κ1) is 15.0. The summed E-state index contributed by atoms with van der Waals surface area (Å²) in [6.45, 7) is 13.0. The van der Waals surface area contributed by atoms with Gasteiger partial charge in [-0.05, 0) is 35.3 Å². The highest BCUT2D eigenvalue weighted by atomic mass is 16.1. The van der Waals surface area contributed by atoms with Crippen molar-refractivity contribution in [3.05, 3.63) is 29.6 Å². The Labute approximate surface area is 122 Å². The standard InChI is InChI=1S/C17H26N2O/c1-11(2)13-8-7-12(9-18-13)14(20)19-15-16(3,4)10-17(15,5)6/h7-9,11,15H,10H2,1-6H3,(H,19,20). The van der Waals surface area contributed by atoms with Crippen LogP contribution in [-0.2, 0) is 0 Å². The summed E-state index contributed by atoms with van der Waals surface area (Å²) in [6.07, 6.45) is 2.82. The van der Waals surface area contributed by atoms with Gasteiger partial charge in [0, 0.05) is 17.9 Å². The van der Waals surface area contributed by atoms with Crippen LogP contribution in [0.25, 0.3) is 0 Å². The van der Waals surface area contributed by atoms with E-state index in [4.69, 9.17) is 0 Å². The van der Waals surface area contributed by atoms with Gasteiger partial charge in [-0.15, -0.1) is 0 Å². The van der Waals surface area contributed by atoms with E-state index in [-0.39, 0.29) is 22.8 Å². The molecule has 0 spiro atoms. The number of pyridine rings is 1. The van der Waals surface area contributed by atoms with E-state index >= 15 is 0 Å². The Bertz CT molecular complexity index is 486. The molecule has 0 bridgehead atoms. The fourth-order valence-electron chi connectivity index (χ4n) is 3.79. The minimum Gasteiger partial charge on any atom is -0.348 e. The van der Waals surface area contributed by atoms with Crippen LogP contribution >= 0.6 is 0 Å². The molecule has 1 aliphatic carbocycles. The molecule has 0 aliphatic heterocycles. The molecule has 1 N–H and O–H groups in total.